The van der Waals surface area contributed by atoms with Crippen molar-refractivity contribution in [1.82, 2.24) is 5.06 Å². The van der Waals surface area contributed by atoms with Crippen molar-refractivity contribution in [3.63, 3.8) is 0 Å². The first-order chi connectivity index (χ1) is 9.34. The first kappa shape index (κ1) is 13.4. The van der Waals surface area contributed by atoms with Gasteiger partial charge in [-0.2, -0.15) is 0 Å². The number of benzene rings is 1. The number of hydroxylamine groups is 2. The maximum Gasteiger partial charge on any atom is 0.437 e. The largest absolute Gasteiger partial charge is 0.437 e. The summed E-state index contributed by atoms with van der Waals surface area (Å²) in [5.41, 5.74) is 0.499. The molecule has 0 aliphatic carbocycles. The van der Waals surface area contributed by atoms with E-state index in [2.05, 4.69) is 13.8 Å². The molecule has 0 saturated carbocycles. The maximum atomic E-state index is 12.3. The van der Waals surface area contributed by atoms with E-state index in [0.29, 0.717) is 0 Å². The van der Waals surface area contributed by atoms with Crippen LogP contribution in [0.25, 0.3) is 0 Å². The summed E-state index contributed by atoms with van der Waals surface area (Å²) < 4.78 is 6.08. The van der Waals surface area contributed by atoms with E-state index < -0.39 is 11.9 Å². The molecule has 2 heterocycles. The van der Waals surface area contributed by atoms with Crippen molar-refractivity contribution in [2.24, 2.45) is 0 Å². The van der Waals surface area contributed by atoms with Crippen LogP contribution >= 0.6 is 0 Å². The van der Waals surface area contributed by atoms with Gasteiger partial charge in [0.15, 0.2) is 0 Å². The van der Waals surface area contributed by atoms with Crippen LogP contribution in [0.2, 0.25) is 0 Å². The third kappa shape index (κ3) is 1.81. The predicted octanol–water partition coefficient (Wildman–Crippen LogP) is 3.12. The molecular formula is C15H20N2O3. The topological polar surface area (TPSA) is 42.0 Å². The highest BCUT2D eigenvalue weighted by Gasteiger charge is 2.61. The number of ether oxygens (including phenoxy) is 1. The molecule has 5 heteroatoms. The van der Waals surface area contributed by atoms with Gasteiger partial charge < -0.3 is 9.57 Å². The summed E-state index contributed by atoms with van der Waals surface area (Å²) in [6.07, 6.45) is 0.450. The van der Waals surface area contributed by atoms with Crippen LogP contribution in [0.5, 0.6) is 0 Å². The number of hydrogen-bond acceptors (Lipinski definition) is 4. The number of carbonyl (C=O) groups is 1. The second kappa shape index (κ2) is 4.20. The van der Waals surface area contributed by atoms with Gasteiger partial charge in [0, 0.05) is 6.92 Å². The van der Waals surface area contributed by atoms with E-state index in [1.54, 1.807) is 9.96 Å². The van der Waals surface area contributed by atoms with Gasteiger partial charge in [0.05, 0.1) is 17.3 Å². The van der Waals surface area contributed by atoms with Crippen molar-refractivity contribution < 1.29 is 14.4 Å². The minimum atomic E-state index is -0.917. The summed E-state index contributed by atoms with van der Waals surface area (Å²) in [6, 6.07) is 9.47. The minimum Gasteiger partial charge on any atom is -0.345 e. The van der Waals surface area contributed by atoms with E-state index >= 15 is 0 Å². The van der Waals surface area contributed by atoms with E-state index in [1.165, 1.54) is 0 Å². The molecule has 108 valence electrons. The Morgan fingerprint density at radius 3 is 2.50 bits per heavy atom. The molecule has 3 rings (SSSR count). The van der Waals surface area contributed by atoms with Crippen LogP contribution in [0.3, 0.4) is 0 Å². The molecule has 2 atom stereocenters. The van der Waals surface area contributed by atoms with Crippen LogP contribution in [0.4, 0.5) is 10.5 Å². The number of nitrogens with zero attached hydrogens (tertiary/aromatic N) is 2. The van der Waals surface area contributed by atoms with E-state index in [0.717, 1.165) is 12.1 Å². The van der Waals surface area contributed by atoms with Crippen LogP contribution < -0.4 is 4.90 Å². The summed E-state index contributed by atoms with van der Waals surface area (Å²) in [7, 11) is 0. The number of carbonyl (C=O) groups excluding carboxylic acids is 1. The average Bonchev–Trinajstić information content (AvgIpc) is 2.61. The highest BCUT2D eigenvalue weighted by molar-refractivity contribution is 5.90. The number of fused-ring (bicyclic) bond motifs is 1. The summed E-state index contributed by atoms with van der Waals surface area (Å²) in [4.78, 5) is 19.4. The van der Waals surface area contributed by atoms with Crippen LogP contribution in [0.1, 0.15) is 34.1 Å². The Hall–Kier alpha value is -1.59. The Morgan fingerprint density at radius 1 is 1.20 bits per heavy atom. The van der Waals surface area contributed by atoms with E-state index in [1.807, 2.05) is 44.2 Å². The zero-order valence-corrected chi connectivity index (χ0v) is 12.3. The molecule has 2 aliphatic rings. The van der Waals surface area contributed by atoms with Gasteiger partial charge in [0.2, 0.25) is 5.85 Å². The lowest BCUT2D eigenvalue weighted by Gasteiger charge is -2.50. The normalized spacial score (nSPS) is 32.9. The molecule has 0 bridgehead atoms. The number of amides is 1. The van der Waals surface area contributed by atoms with Crippen molar-refractivity contribution in [1.29, 1.82) is 0 Å². The van der Waals surface area contributed by atoms with E-state index in [9.17, 15) is 4.79 Å². The number of anilines is 1. The molecule has 2 fully saturated rings. The van der Waals surface area contributed by atoms with Crippen LogP contribution in [0, 0.1) is 0 Å². The average molecular weight is 276 g/mol. The van der Waals surface area contributed by atoms with Crippen molar-refractivity contribution in [2.45, 2.75) is 51.6 Å². The molecule has 2 saturated heterocycles. The van der Waals surface area contributed by atoms with Gasteiger partial charge in [-0.15, -0.1) is 0 Å². The van der Waals surface area contributed by atoms with Gasteiger partial charge in [-0.05, 0) is 39.3 Å². The Balaban J connectivity index is 2.06. The van der Waals surface area contributed by atoms with Crippen LogP contribution in [-0.2, 0) is 9.57 Å². The van der Waals surface area contributed by atoms with Gasteiger partial charge in [0.1, 0.15) is 0 Å². The summed E-state index contributed by atoms with van der Waals surface area (Å²) >= 11 is 0. The third-order valence-electron chi connectivity index (χ3n) is 3.92. The fourth-order valence-electron chi connectivity index (χ4n) is 3.38. The lowest BCUT2D eigenvalue weighted by Crippen LogP contribution is -2.65. The Labute approximate surface area is 119 Å². The standard InChI is InChI=1S/C15H20N2O3/c1-11-10-14(2,3)17-15(4,19-11)16(13(18)20-17)12-8-6-5-7-9-12/h5-9,11H,10H2,1-4H3/t11-,15+/m1/s1. The second-order valence-electron chi connectivity index (χ2n) is 6.20. The second-order valence-corrected chi connectivity index (χ2v) is 6.20. The molecule has 0 unspecified atom stereocenters. The zero-order valence-electron chi connectivity index (χ0n) is 12.3. The van der Waals surface area contributed by atoms with Gasteiger partial charge in [-0.3, -0.25) is 0 Å². The van der Waals surface area contributed by atoms with Crippen LogP contribution in [0.15, 0.2) is 30.3 Å². The Kier molecular flexibility index (Phi) is 2.81. The monoisotopic (exact) mass is 276 g/mol. The number of para-hydroxylation sites is 1. The highest BCUT2D eigenvalue weighted by Crippen LogP contribution is 2.45. The molecule has 20 heavy (non-hydrogen) atoms. The summed E-state index contributed by atoms with van der Waals surface area (Å²) in [5, 5.41) is 1.68. The fraction of sp³-hybridized carbons (Fsp3) is 0.533. The molecule has 0 radical (unpaired) electrons. The quantitative estimate of drug-likeness (QED) is 0.790. The molecule has 1 aromatic carbocycles. The first-order valence-electron chi connectivity index (χ1n) is 6.90. The predicted molar refractivity (Wildman–Crippen MR) is 74.9 cm³/mol. The molecule has 0 spiro atoms. The van der Waals surface area contributed by atoms with Gasteiger partial charge in [0.25, 0.3) is 0 Å². The van der Waals surface area contributed by atoms with Crippen molar-refractivity contribution >= 4 is 11.8 Å². The van der Waals surface area contributed by atoms with Crippen LogP contribution in [-0.4, -0.2) is 28.6 Å². The lowest BCUT2D eigenvalue weighted by atomic mass is 9.93. The lowest BCUT2D eigenvalue weighted by molar-refractivity contribution is -0.323. The minimum absolute atomic E-state index is 0.0481. The molecule has 0 N–H and O–H groups in total. The maximum absolute atomic E-state index is 12.3. The molecule has 0 aromatic heterocycles. The number of hydrogen-bond donors (Lipinski definition) is 0. The van der Waals surface area contributed by atoms with Crippen molar-refractivity contribution in [2.75, 3.05) is 4.90 Å². The fourth-order valence-corrected chi connectivity index (χ4v) is 3.38. The van der Waals surface area contributed by atoms with Gasteiger partial charge in [-0.25, -0.2) is 9.69 Å². The van der Waals surface area contributed by atoms with E-state index in [-0.39, 0.29) is 11.6 Å². The molecule has 1 amide bonds. The van der Waals surface area contributed by atoms with Crippen molar-refractivity contribution in [3.8, 4) is 0 Å². The van der Waals surface area contributed by atoms with Gasteiger partial charge in [-0.1, -0.05) is 23.3 Å². The van der Waals surface area contributed by atoms with Crippen molar-refractivity contribution in [3.05, 3.63) is 30.3 Å². The first-order valence-corrected chi connectivity index (χ1v) is 6.90. The molecule has 5 nitrogen and oxygen atoms in total. The molecular weight excluding hydrogens is 256 g/mol. The summed E-state index contributed by atoms with van der Waals surface area (Å²) in [6.45, 7) is 8.02. The molecule has 2 aliphatic heterocycles. The molecule has 1 aromatic rings. The SMILES string of the molecule is C[C@@H]1CC(C)(C)N2OC(=O)N(c3ccccc3)[C@]2(C)O1. The highest BCUT2D eigenvalue weighted by atomic mass is 16.8. The number of rotatable bonds is 1. The Bertz CT molecular complexity index is 531. The Morgan fingerprint density at radius 2 is 1.85 bits per heavy atom. The third-order valence-corrected chi connectivity index (χ3v) is 3.92. The zero-order chi connectivity index (χ0) is 14.5. The summed E-state index contributed by atoms with van der Waals surface area (Å²) in [5.74, 6) is -0.917. The smallest absolute Gasteiger partial charge is 0.345 e. The van der Waals surface area contributed by atoms with Gasteiger partial charge >= 0.3 is 6.09 Å². The van der Waals surface area contributed by atoms with E-state index in [4.69, 9.17) is 9.57 Å².